The maximum Gasteiger partial charge on any atom is 0.440 e. The first kappa shape index (κ1) is 60.2. The van der Waals surface area contributed by atoms with E-state index in [0.29, 0.717) is 50.1 Å². The molecule has 2 fully saturated rings. The number of benzene rings is 2. The van der Waals surface area contributed by atoms with Gasteiger partial charge in [0.1, 0.15) is 18.1 Å². The molecule has 28 heteroatoms. The molecular formula is C49H69N11O17. The van der Waals surface area contributed by atoms with Gasteiger partial charge in [-0.05, 0) is 67.2 Å². The fourth-order valence-corrected chi connectivity index (χ4v) is 9.24. The number of nitrogens with one attached hydrogen (secondary N) is 6. The normalized spacial score (nSPS) is 18.5. The van der Waals surface area contributed by atoms with Crippen molar-refractivity contribution < 1.29 is 73.2 Å². The number of nitrogens with zero attached hydrogens (tertiary/aromatic N) is 5. The highest BCUT2D eigenvalue weighted by atomic mass is 16.5. The van der Waals surface area contributed by atoms with Gasteiger partial charge in [0.15, 0.2) is 0 Å². The first-order valence-corrected chi connectivity index (χ1v) is 25.4. The number of carbonyl (C=O) groups excluding carboxylic acids is 4. The minimum Gasteiger partial charge on any atom is -0.480 e. The highest BCUT2D eigenvalue weighted by Gasteiger charge is 2.31. The van der Waals surface area contributed by atoms with Gasteiger partial charge >= 0.3 is 47.3 Å². The average Bonchev–Trinajstić information content (AvgIpc) is 3.70. The summed E-state index contributed by atoms with van der Waals surface area (Å²) in [6, 6.07) is 8.01. The first-order valence-electron chi connectivity index (χ1n) is 25.4. The van der Waals surface area contributed by atoms with E-state index in [1.54, 1.807) is 19.7 Å². The summed E-state index contributed by atoms with van der Waals surface area (Å²) in [5, 5.41) is 62.7. The van der Waals surface area contributed by atoms with Crippen LogP contribution in [0.4, 0.5) is 4.79 Å². The molecule has 2 heterocycles. The lowest BCUT2D eigenvalue weighted by Gasteiger charge is -2.33. The standard InChI is InChI=1S/C49H69N11O17/c61-39(27-56-15-17-57(28-40(62)63)19-21-59(30-42(66)67)22-20-58(18-16-56)29-41(64)65)51-25-31-8-12-34(13-9-31)43(68)52-37(24-32-10-11-33-5-1-2-6-35(33)23-32)44(69)50-14-4-3-7-36(45(70)71)53-47(74)54-38(46(72)73)26-60-48(75)55-49(76)77-60/h1-2,5-6,10-11,23,31,34,36-38H,3-4,7-9,12-22,24-30H2,(H,50,69)(H,51,61)(H,52,68)(H,62,63)(H,64,65)(H,66,67)(H,70,71)(H,72,73)(H2,53,54,74)(H,55,75,76)/t31-,34-,36-,37-,38-/m0/s1. The van der Waals surface area contributed by atoms with Crippen molar-refractivity contribution in [3.63, 3.8) is 0 Å². The number of H-pyrrole nitrogens is 1. The van der Waals surface area contributed by atoms with Crippen molar-refractivity contribution in [2.24, 2.45) is 11.8 Å². The van der Waals surface area contributed by atoms with Crippen molar-refractivity contribution in [1.82, 2.24) is 55.9 Å². The molecule has 28 nitrogen and oxygen atoms in total. The van der Waals surface area contributed by atoms with E-state index in [4.69, 9.17) is 0 Å². The monoisotopic (exact) mass is 1080 g/mol. The van der Waals surface area contributed by atoms with Gasteiger partial charge in [-0.25, -0.2) is 29.0 Å². The molecule has 2 aliphatic rings. The Hall–Kier alpha value is -7.69. The van der Waals surface area contributed by atoms with Crippen LogP contribution < -0.4 is 38.0 Å². The Balaban J connectivity index is 1.11. The molecule has 422 valence electrons. The number of aromatic nitrogens is 2. The number of urea groups is 1. The summed E-state index contributed by atoms with van der Waals surface area (Å²) in [4.78, 5) is 144. The summed E-state index contributed by atoms with van der Waals surface area (Å²) >= 11 is 0. The Bertz CT molecular complexity index is 2620. The van der Waals surface area contributed by atoms with Gasteiger partial charge in [0.2, 0.25) is 17.7 Å². The smallest absolute Gasteiger partial charge is 0.440 e. The minimum atomic E-state index is -1.77. The summed E-state index contributed by atoms with van der Waals surface area (Å²) in [7, 11) is 0. The number of carbonyl (C=O) groups is 9. The zero-order chi connectivity index (χ0) is 56.0. The van der Waals surface area contributed by atoms with Crippen molar-refractivity contribution >= 4 is 64.4 Å². The molecule has 1 aromatic heterocycles. The number of hydrogen-bond donors (Lipinski definition) is 11. The van der Waals surface area contributed by atoms with Gasteiger partial charge in [-0.1, -0.05) is 42.5 Å². The molecule has 5 rings (SSSR count). The third-order valence-corrected chi connectivity index (χ3v) is 13.5. The Kier molecular flexibility index (Phi) is 23.6. The number of aliphatic carboxylic acids is 5. The average molecular weight is 1080 g/mol. The van der Waals surface area contributed by atoms with E-state index in [-0.39, 0.29) is 115 Å². The predicted octanol–water partition coefficient (Wildman–Crippen LogP) is -2.10. The Labute approximate surface area is 441 Å². The maximum absolute atomic E-state index is 13.9. The summed E-state index contributed by atoms with van der Waals surface area (Å²) < 4.78 is 4.93. The lowest BCUT2D eigenvalue weighted by molar-refractivity contribution is -0.140. The number of amides is 5. The molecule has 1 saturated carbocycles. The number of carboxylic acids is 5. The number of aromatic amines is 1. The van der Waals surface area contributed by atoms with Crippen molar-refractivity contribution in [3.8, 4) is 0 Å². The molecule has 0 bridgehead atoms. The van der Waals surface area contributed by atoms with Crippen molar-refractivity contribution in [2.75, 3.05) is 91.6 Å². The fourth-order valence-electron chi connectivity index (χ4n) is 9.24. The highest BCUT2D eigenvalue weighted by Crippen LogP contribution is 2.29. The van der Waals surface area contributed by atoms with Gasteiger partial charge in [-0.2, -0.15) is 0 Å². The van der Waals surface area contributed by atoms with Crippen LogP contribution in [-0.2, 0) is 51.3 Å². The molecule has 3 aromatic rings. The van der Waals surface area contributed by atoms with Crippen LogP contribution in [0.15, 0.2) is 56.6 Å². The van der Waals surface area contributed by atoms with E-state index < -0.39 is 83.8 Å². The van der Waals surface area contributed by atoms with E-state index in [1.807, 2.05) is 52.7 Å². The van der Waals surface area contributed by atoms with E-state index in [0.717, 1.165) is 16.3 Å². The topological polar surface area (TPSA) is 396 Å². The number of unbranched alkanes of at least 4 members (excludes halogenated alkanes) is 1. The number of fused-ring (bicyclic) bond motifs is 1. The molecule has 2 aromatic carbocycles. The fraction of sp³-hybridized carbons (Fsp3) is 0.571. The lowest BCUT2D eigenvalue weighted by Crippen LogP contribution is -2.52. The van der Waals surface area contributed by atoms with E-state index in [9.17, 15) is 78.3 Å². The molecule has 1 saturated heterocycles. The van der Waals surface area contributed by atoms with Crippen LogP contribution in [0.3, 0.4) is 0 Å². The highest BCUT2D eigenvalue weighted by molar-refractivity contribution is 5.89. The van der Waals surface area contributed by atoms with Gasteiger partial charge in [0.05, 0.1) is 32.7 Å². The van der Waals surface area contributed by atoms with Crippen LogP contribution in [0.1, 0.15) is 50.5 Å². The van der Waals surface area contributed by atoms with E-state index in [1.165, 1.54) is 0 Å². The van der Waals surface area contributed by atoms with Crippen molar-refractivity contribution in [2.45, 2.75) is 76.0 Å². The van der Waals surface area contributed by atoms with E-state index in [2.05, 4.69) is 25.8 Å². The maximum atomic E-state index is 13.9. The molecule has 0 unspecified atom stereocenters. The number of hydrogen-bond acceptors (Lipinski definition) is 16. The molecule has 77 heavy (non-hydrogen) atoms. The Morgan fingerprint density at radius 2 is 1.14 bits per heavy atom. The largest absolute Gasteiger partial charge is 0.480 e. The third-order valence-electron chi connectivity index (χ3n) is 13.5. The van der Waals surface area contributed by atoms with Crippen LogP contribution in [0.25, 0.3) is 10.8 Å². The lowest BCUT2D eigenvalue weighted by atomic mass is 9.81. The Morgan fingerprint density at radius 1 is 0.610 bits per heavy atom. The first-order chi connectivity index (χ1) is 36.7. The van der Waals surface area contributed by atoms with Crippen molar-refractivity contribution in [3.05, 3.63) is 69.1 Å². The second-order valence-corrected chi connectivity index (χ2v) is 19.3. The van der Waals surface area contributed by atoms with Crippen LogP contribution >= 0.6 is 0 Å². The third kappa shape index (κ3) is 21.1. The predicted molar refractivity (Wildman–Crippen MR) is 272 cm³/mol. The molecule has 3 atom stereocenters. The van der Waals surface area contributed by atoms with Gasteiger partial charge in [0.25, 0.3) is 0 Å². The van der Waals surface area contributed by atoms with Crippen LogP contribution in [0, 0.1) is 11.8 Å². The Morgan fingerprint density at radius 3 is 1.66 bits per heavy atom. The van der Waals surface area contributed by atoms with Crippen LogP contribution in [0.2, 0.25) is 0 Å². The molecule has 0 spiro atoms. The molecule has 1 aliphatic heterocycles. The molecule has 5 amide bonds. The van der Waals surface area contributed by atoms with Crippen LogP contribution in [-0.4, -0.2) is 218 Å². The van der Waals surface area contributed by atoms with Crippen molar-refractivity contribution in [1.29, 1.82) is 0 Å². The van der Waals surface area contributed by atoms with E-state index >= 15 is 0 Å². The van der Waals surface area contributed by atoms with Gasteiger partial charge < -0.3 is 56.6 Å². The zero-order valence-electron chi connectivity index (χ0n) is 42.6. The summed E-state index contributed by atoms with van der Waals surface area (Å²) in [5.74, 6) is -8.77. The van der Waals surface area contributed by atoms with Gasteiger partial charge in [0, 0.05) is 77.8 Å². The quantitative estimate of drug-likeness (QED) is 0.0384. The zero-order valence-corrected chi connectivity index (χ0v) is 42.6. The summed E-state index contributed by atoms with van der Waals surface area (Å²) in [6.07, 6.45) is 2.69. The molecular weight excluding hydrogens is 1010 g/mol. The minimum absolute atomic E-state index is 0.0349. The summed E-state index contributed by atoms with van der Waals surface area (Å²) in [6.45, 7) is 0.863. The SMILES string of the molecule is O=C(O)CN1CCN(CC(=O)O)CCN(CC(=O)NC[C@H]2CC[C@H](C(=O)N[C@@H](Cc3ccc4ccccc4c3)C(=O)NCCCC[C@H](NC(=O)N[C@@H](Cn3oc(=O)[nH]c3=O)C(=O)O)C(=O)O)CC2)CCN(CC(=O)O)CC1. The number of rotatable bonds is 26. The molecule has 0 radical (unpaired) electrons. The van der Waals surface area contributed by atoms with Gasteiger partial charge in [-0.15, -0.1) is 4.74 Å². The summed E-state index contributed by atoms with van der Waals surface area (Å²) in [5.41, 5.74) is -0.262. The second-order valence-electron chi connectivity index (χ2n) is 19.3. The molecule has 1 aliphatic carbocycles. The van der Waals surface area contributed by atoms with Gasteiger partial charge in [-0.3, -0.25) is 48.4 Å². The second kappa shape index (κ2) is 30.2. The molecule has 11 N–H and O–H groups in total. The number of carboxylic acid groups (broad SMARTS) is 5. The van der Waals surface area contributed by atoms with Crippen LogP contribution in [0.5, 0.6) is 0 Å².